The Morgan fingerprint density at radius 2 is 1.30 bits per heavy atom. The Morgan fingerprint density at radius 1 is 0.800 bits per heavy atom. The topological polar surface area (TPSA) is 0 Å². The van der Waals surface area contributed by atoms with Gasteiger partial charge in [-0.3, -0.25) is 0 Å². The highest BCUT2D eigenvalue weighted by molar-refractivity contribution is 9.11. The minimum absolute atomic E-state index is 0.00551. The molecular weight excluding hydrogens is 328 g/mol. The zero-order valence-electron chi connectivity index (χ0n) is 11.6. The van der Waals surface area contributed by atoms with Crippen LogP contribution < -0.4 is 0 Å². The van der Waals surface area contributed by atoms with Crippen molar-refractivity contribution in [1.29, 1.82) is 0 Å². The van der Waals surface area contributed by atoms with Gasteiger partial charge in [-0.25, -0.2) is 0 Å². The van der Waals surface area contributed by atoms with Crippen molar-refractivity contribution in [3.8, 4) is 0 Å². The summed E-state index contributed by atoms with van der Waals surface area (Å²) in [6, 6.07) is 21.6. The van der Waals surface area contributed by atoms with Crippen LogP contribution in [0.1, 0.15) is 25.0 Å². The van der Waals surface area contributed by atoms with Gasteiger partial charge in [-0.05, 0) is 30.4 Å². The van der Waals surface area contributed by atoms with Crippen LogP contribution in [0.4, 0.5) is 0 Å². The molecule has 0 radical (unpaired) electrons. The molecule has 1 heterocycles. The van der Waals surface area contributed by atoms with Crippen LogP contribution in [0.15, 0.2) is 70.6 Å². The van der Waals surface area contributed by atoms with Crippen molar-refractivity contribution in [1.82, 2.24) is 0 Å². The SMILES string of the molecule is CC1(c2ccccc2)SC=C(Br)C1(C)c1ccccc1. The van der Waals surface area contributed by atoms with E-state index in [1.165, 1.54) is 15.6 Å². The molecule has 0 aromatic heterocycles. The van der Waals surface area contributed by atoms with Crippen LogP contribution >= 0.6 is 27.7 Å². The zero-order valence-corrected chi connectivity index (χ0v) is 14.0. The summed E-state index contributed by atoms with van der Waals surface area (Å²) >= 11 is 5.71. The largest absolute Gasteiger partial charge is 0.121 e. The molecule has 0 spiro atoms. The number of hydrogen-bond acceptors (Lipinski definition) is 1. The summed E-state index contributed by atoms with van der Waals surface area (Å²) in [5.74, 6) is 0. The van der Waals surface area contributed by atoms with Crippen LogP contribution in [0, 0.1) is 0 Å². The lowest BCUT2D eigenvalue weighted by Gasteiger charge is -2.42. The van der Waals surface area contributed by atoms with E-state index in [4.69, 9.17) is 0 Å². The van der Waals surface area contributed by atoms with Gasteiger partial charge in [0.15, 0.2) is 0 Å². The molecule has 0 saturated carbocycles. The van der Waals surface area contributed by atoms with E-state index in [1.54, 1.807) is 0 Å². The van der Waals surface area contributed by atoms with Gasteiger partial charge in [0, 0.05) is 9.90 Å². The fourth-order valence-electron chi connectivity index (χ4n) is 2.93. The smallest absolute Gasteiger partial charge is 0.0561 e. The number of thioether (sulfide) groups is 1. The highest BCUT2D eigenvalue weighted by atomic mass is 79.9. The lowest BCUT2D eigenvalue weighted by Crippen LogP contribution is -2.39. The average molecular weight is 345 g/mol. The Hall–Kier alpha value is -0.990. The second-order valence-corrected chi connectivity index (χ2v) is 7.62. The lowest BCUT2D eigenvalue weighted by atomic mass is 9.69. The Kier molecular flexibility index (Phi) is 3.55. The van der Waals surface area contributed by atoms with Crippen LogP contribution in [0.25, 0.3) is 0 Å². The Morgan fingerprint density at radius 3 is 1.85 bits per heavy atom. The van der Waals surface area contributed by atoms with E-state index in [1.807, 2.05) is 11.8 Å². The quantitative estimate of drug-likeness (QED) is 0.659. The van der Waals surface area contributed by atoms with Gasteiger partial charge in [-0.15, -0.1) is 11.8 Å². The third kappa shape index (κ3) is 1.89. The van der Waals surface area contributed by atoms with E-state index in [0.29, 0.717) is 0 Å². The molecule has 2 heteroatoms. The summed E-state index contributed by atoms with van der Waals surface area (Å²) in [5, 5.41) is 2.25. The molecule has 2 aromatic carbocycles. The first-order valence-corrected chi connectivity index (χ1v) is 8.41. The molecule has 3 rings (SSSR count). The maximum absolute atomic E-state index is 3.81. The molecular formula is C18H17BrS. The maximum atomic E-state index is 3.81. The summed E-state index contributed by atoms with van der Waals surface area (Å²) in [6.07, 6.45) is 0. The maximum Gasteiger partial charge on any atom is 0.0561 e. The molecule has 20 heavy (non-hydrogen) atoms. The van der Waals surface area contributed by atoms with Gasteiger partial charge in [0.2, 0.25) is 0 Å². The predicted octanol–water partition coefficient (Wildman–Crippen LogP) is 5.84. The van der Waals surface area contributed by atoms with Gasteiger partial charge in [-0.2, -0.15) is 0 Å². The molecule has 2 atom stereocenters. The molecule has 0 bridgehead atoms. The fourth-order valence-corrected chi connectivity index (χ4v) is 5.28. The first-order valence-electron chi connectivity index (χ1n) is 6.74. The first kappa shape index (κ1) is 14.0. The Balaban J connectivity index is 2.18. The molecule has 1 aliphatic heterocycles. The number of halogens is 1. The van der Waals surface area contributed by atoms with Crippen molar-refractivity contribution in [2.45, 2.75) is 24.0 Å². The van der Waals surface area contributed by atoms with Crippen LogP contribution in [-0.4, -0.2) is 0 Å². The lowest BCUT2D eigenvalue weighted by molar-refractivity contribution is 0.451. The normalized spacial score (nSPS) is 29.2. The first-order chi connectivity index (χ1) is 9.59. The second kappa shape index (κ2) is 5.09. The molecule has 2 aromatic rings. The van der Waals surface area contributed by atoms with E-state index in [9.17, 15) is 0 Å². The van der Waals surface area contributed by atoms with Gasteiger partial charge >= 0.3 is 0 Å². The molecule has 2 unspecified atom stereocenters. The van der Waals surface area contributed by atoms with E-state index in [0.717, 1.165) is 0 Å². The molecule has 0 nitrogen and oxygen atoms in total. The molecule has 102 valence electrons. The van der Waals surface area contributed by atoms with E-state index >= 15 is 0 Å². The van der Waals surface area contributed by atoms with Crippen LogP contribution in [0.2, 0.25) is 0 Å². The minimum Gasteiger partial charge on any atom is -0.121 e. The van der Waals surface area contributed by atoms with Gasteiger partial charge < -0.3 is 0 Å². The number of benzene rings is 2. The van der Waals surface area contributed by atoms with Gasteiger partial charge in [0.1, 0.15) is 0 Å². The van der Waals surface area contributed by atoms with E-state index in [2.05, 4.69) is 95.8 Å². The van der Waals surface area contributed by atoms with E-state index in [-0.39, 0.29) is 10.2 Å². The summed E-state index contributed by atoms with van der Waals surface area (Å²) in [4.78, 5) is 0. The van der Waals surface area contributed by atoms with Crippen LogP contribution in [-0.2, 0) is 10.2 Å². The van der Waals surface area contributed by atoms with E-state index < -0.39 is 0 Å². The summed E-state index contributed by atoms with van der Waals surface area (Å²) in [7, 11) is 0. The van der Waals surface area contributed by atoms with Gasteiger partial charge in [0.25, 0.3) is 0 Å². The van der Waals surface area contributed by atoms with Crippen molar-refractivity contribution < 1.29 is 0 Å². The standard InChI is InChI=1S/C18H17BrS/c1-17(14-9-5-3-6-10-14)16(19)13-20-18(17,2)15-11-7-4-8-12-15/h3-13H,1-2H3. The average Bonchev–Trinajstić information content (AvgIpc) is 2.75. The molecule has 0 saturated heterocycles. The third-order valence-electron chi connectivity index (χ3n) is 4.51. The highest BCUT2D eigenvalue weighted by Crippen LogP contribution is 2.62. The highest BCUT2D eigenvalue weighted by Gasteiger charge is 2.52. The monoisotopic (exact) mass is 344 g/mol. The summed E-state index contributed by atoms with van der Waals surface area (Å²) in [6.45, 7) is 4.67. The third-order valence-corrected chi connectivity index (χ3v) is 7.30. The van der Waals surface area contributed by atoms with Crippen molar-refractivity contribution in [3.63, 3.8) is 0 Å². The zero-order chi connectivity index (χ0) is 14.2. The fraction of sp³-hybridized carbons (Fsp3) is 0.222. The predicted molar refractivity (Wildman–Crippen MR) is 92.2 cm³/mol. The van der Waals surface area contributed by atoms with Crippen molar-refractivity contribution in [2.24, 2.45) is 0 Å². The molecule has 0 fully saturated rings. The van der Waals surface area contributed by atoms with Gasteiger partial charge in [0.05, 0.1) is 4.75 Å². The molecule has 0 amide bonds. The molecule has 0 aliphatic carbocycles. The minimum atomic E-state index is -0.0553. The van der Waals surface area contributed by atoms with Crippen molar-refractivity contribution in [2.75, 3.05) is 0 Å². The summed E-state index contributed by atoms with van der Waals surface area (Å²) < 4.78 is 1.25. The van der Waals surface area contributed by atoms with Crippen LogP contribution in [0.5, 0.6) is 0 Å². The van der Waals surface area contributed by atoms with Gasteiger partial charge in [-0.1, -0.05) is 76.6 Å². The molecule has 1 aliphatic rings. The number of allylic oxidation sites excluding steroid dienone is 1. The number of hydrogen-bond donors (Lipinski definition) is 0. The summed E-state index contributed by atoms with van der Waals surface area (Å²) in [5.41, 5.74) is 2.65. The van der Waals surface area contributed by atoms with Crippen molar-refractivity contribution >= 4 is 27.7 Å². The van der Waals surface area contributed by atoms with Crippen LogP contribution in [0.3, 0.4) is 0 Å². The number of rotatable bonds is 2. The second-order valence-electron chi connectivity index (χ2n) is 5.47. The Bertz CT molecular complexity index is 635. The van der Waals surface area contributed by atoms with Crippen molar-refractivity contribution in [3.05, 3.63) is 81.7 Å². The Labute approximate surface area is 133 Å². The molecule has 0 N–H and O–H groups in total.